The molecule has 0 spiro atoms. The van der Waals surface area contributed by atoms with Crippen molar-refractivity contribution in [3.63, 3.8) is 0 Å². The Kier molecular flexibility index (Phi) is 5.89. The summed E-state index contributed by atoms with van der Waals surface area (Å²) >= 11 is 0. The van der Waals surface area contributed by atoms with E-state index in [0.29, 0.717) is 0 Å². The molecule has 1 unspecified atom stereocenters. The zero-order chi connectivity index (χ0) is 15.1. The Morgan fingerprint density at radius 2 is 1.85 bits per heavy atom. The molecule has 0 aliphatic rings. The molecule has 0 aromatic heterocycles. The lowest BCUT2D eigenvalue weighted by molar-refractivity contribution is -0.127. The van der Waals surface area contributed by atoms with Gasteiger partial charge in [-0.25, -0.2) is 0 Å². The van der Waals surface area contributed by atoms with Crippen LogP contribution in [0.1, 0.15) is 19.4 Å². The zero-order valence-corrected chi connectivity index (χ0v) is 11.2. The number of alkyl halides is 2. The molecule has 1 atom stereocenters. The van der Waals surface area contributed by atoms with Crippen LogP contribution in [0.3, 0.4) is 0 Å². The SMILES string of the molecule is CC(=O)NC(C)C(=O)NCc1ccc(OC(F)F)cc1. The molecule has 0 aliphatic heterocycles. The largest absolute Gasteiger partial charge is 0.435 e. The molecule has 5 nitrogen and oxygen atoms in total. The number of carbonyl (C=O) groups excluding carboxylic acids is 2. The summed E-state index contributed by atoms with van der Waals surface area (Å²) in [6.07, 6.45) is 0. The first-order valence-corrected chi connectivity index (χ1v) is 5.97. The molecule has 2 N–H and O–H groups in total. The quantitative estimate of drug-likeness (QED) is 0.831. The van der Waals surface area contributed by atoms with E-state index in [-0.39, 0.29) is 24.1 Å². The molecule has 0 bridgehead atoms. The highest BCUT2D eigenvalue weighted by Gasteiger charge is 2.12. The van der Waals surface area contributed by atoms with Gasteiger partial charge in [-0.3, -0.25) is 9.59 Å². The van der Waals surface area contributed by atoms with Crippen molar-refractivity contribution in [1.82, 2.24) is 10.6 Å². The molecule has 0 aliphatic carbocycles. The fraction of sp³-hybridized carbons (Fsp3) is 0.385. The highest BCUT2D eigenvalue weighted by Crippen LogP contribution is 2.14. The maximum Gasteiger partial charge on any atom is 0.387 e. The lowest BCUT2D eigenvalue weighted by Gasteiger charge is -2.13. The minimum Gasteiger partial charge on any atom is -0.435 e. The highest BCUT2D eigenvalue weighted by molar-refractivity contribution is 5.86. The minimum absolute atomic E-state index is 0.0571. The molecule has 0 saturated carbocycles. The second-order valence-electron chi connectivity index (χ2n) is 4.16. The number of rotatable bonds is 6. The molecule has 2 amide bonds. The van der Waals surface area contributed by atoms with Crippen LogP contribution in [0, 0.1) is 0 Å². The van der Waals surface area contributed by atoms with Gasteiger partial charge in [0.25, 0.3) is 0 Å². The van der Waals surface area contributed by atoms with E-state index in [1.807, 2.05) is 0 Å². The van der Waals surface area contributed by atoms with Crippen LogP contribution in [0.5, 0.6) is 5.75 Å². The molecule has 1 aromatic rings. The maximum atomic E-state index is 12.0. The average molecular weight is 286 g/mol. The molecule has 0 heterocycles. The van der Waals surface area contributed by atoms with E-state index in [1.54, 1.807) is 19.1 Å². The normalized spacial score (nSPS) is 11.8. The first-order chi connectivity index (χ1) is 9.38. The summed E-state index contributed by atoms with van der Waals surface area (Å²) in [6.45, 7) is 0.263. The van der Waals surface area contributed by atoms with E-state index in [2.05, 4.69) is 15.4 Å². The van der Waals surface area contributed by atoms with E-state index in [1.165, 1.54) is 19.1 Å². The summed E-state index contributed by atoms with van der Waals surface area (Å²) in [4.78, 5) is 22.4. The Hall–Kier alpha value is -2.18. The molecule has 0 radical (unpaired) electrons. The van der Waals surface area contributed by atoms with Crippen LogP contribution in [-0.2, 0) is 16.1 Å². The Morgan fingerprint density at radius 3 is 2.35 bits per heavy atom. The van der Waals surface area contributed by atoms with Crippen molar-refractivity contribution < 1.29 is 23.1 Å². The number of hydrogen-bond acceptors (Lipinski definition) is 3. The molecular formula is C13H16F2N2O3. The van der Waals surface area contributed by atoms with E-state index in [0.717, 1.165) is 5.56 Å². The number of amides is 2. The fourth-order valence-electron chi connectivity index (χ4n) is 1.50. The number of benzene rings is 1. The summed E-state index contributed by atoms with van der Waals surface area (Å²) in [7, 11) is 0. The highest BCUT2D eigenvalue weighted by atomic mass is 19.3. The monoisotopic (exact) mass is 286 g/mol. The first-order valence-electron chi connectivity index (χ1n) is 5.97. The number of ether oxygens (including phenoxy) is 1. The van der Waals surface area contributed by atoms with Crippen molar-refractivity contribution in [2.75, 3.05) is 0 Å². The Bertz CT molecular complexity index is 463. The van der Waals surface area contributed by atoms with Crippen LogP contribution in [0.4, 0.5) is 8.78 Å². The van der Waals surface area contributed by atoms with E-state index < -0.39 is 12.7 Å². The standard InChI is InChI=1S/C13H16F2N2O3/c1-8(17-9(2)18)12(19)16-7-10-3-5-11(6-4-10)20-13(14)15/h3-6,8,13H,7H2,1-2H3,(H,16,19)(H,17,18). The third-order valence-electron chi connectivity index (χ3n) is 2.43. The molecule has 1 rings (SSSR count). The first kappa shape index (κ1) is 15.9. The van der Waals surface area contributed by atoms with Crippen molar-refractivity contribution in [2.45, 2.75) is 33.0 Å². The summed E-state index contributed by atoms with van der Waals surface area (Å²) in [5.41, 5.74) is 0.731. The van der Waals surface area contributed by atoms with Gasteiger partial charge < -0.3 is 15.4 Å². The van der Waals surface area contributed by atoms with Gasteiger partial charge in [0.2, 0.25) is 11.8 Å². The summed E-state index contributed by atoms with van der Waals surface area (Å²) < 4.78 is 28.1. The van der Waals surface area contributed by atoms with E-state index >= 15 is 0 Å². The van der Waals surface area contributed by atoms with Crippen LogP contribution in [0.25, 0.3) is 0 Å². The number of hydrogen-bond donors (Lipinski definition) is 2. The molecule has 7 heteroatoms. The van der Waals surface area contributed by atoms with Gasteiger partial charge in [-0.15, -0.1) is 0 Å². The third-order valence-corrected chi connectivity index (χ3v) is 2.43. The van der Waals surface area contributed by atoms with Gasteiger partial charge in [0.15, 0.2) is 0 Å². The number of carbonyl (C=O) groups is 2. The summed E-state index contributed by atoms with van der Waals surface area (Å²) in [5, 5.41) is 5.08. The van der Waals surface area contributed by atoms with Crippen molar-refractivity contribution in [3.05, 3.63) is 29.8 Å². The number of nitrogens with one attached hydrogen (secondary N) is 2. The zero-order valence-electron chi connectivity index (χ0n) is 11.2. The second kappa shape index (κ2) is 7.42. The topological polar surface area (TPSA) is 67.4 Å². The molecule has 0 fully saturated rings. The molecule has 110 valence electrons. The Morgan fingerprint density at radius 1 is 1.25 bits per heavy atom. The lowest BCUT2D eigenvalue weighted by Crippen LogP contribution is -2.43. The van der Waals surface area contributed by atoms with Crippen molar-refractivity contribution in [1.29, 1.82) is 0 Å². The summed E-state index contributed by atoms with van der Waals surface area (Å²) in [6, 6.07) is 5.30. The van der Waals surface area contributed by atoms with Gasteiger partial charge in [-0.2, -0.15) is 8.78 Å². The van der Waals surface area contributed by atoms with Crippen molar-refractivity contribution in [2.24, 2.45) is 0 Å². The predicted octanol–water partition coefficient (Wildman–Crippen LogP) is 1.43. The summed E-state index contributed by atoms with van der Waals surface area (Å²) in [5.74, 6) is -0.559. The maximum absolute atomic E-state index is 12.0. The Labute approximate surface area is 115 Å². The van der Waals surface area contributed by atoms with Crippen LogP contribution in [0.2, 0.25) is 0 Å². The predicted molar refractivity (Wildman–Crippen MR) is 68.2 cm³/mol. The third kappa shape index (κ3) is 5.64. The van der Waals surface area contributed by atoms with E-state index in [4.69, 9.17) is 0 Å². The molecule has 1 aromatic carbocycles. The van der Waals surface area contributed by atoms with Gasteiger partial charge in [-0.05, 0) is 24.6 Å². The molecular weight excluding hydrogens is 270 g/mol. The van der Waals surface area contributed by atoms with Crippen LogP contribution in [-0.4, -0.2) is 24.5 Å². The lowest BCUT2D eigenvalue weighted by atomic mass is 10.2. The van der Waals surface area contributed by atoms with Crippen molar-refractivity contribution in [3.8, 4) is 5.75 Å². The van der Waals surface area contributed by atoms with Gasteiger partial charge >= 0.3 is 6.61 Å². The minimum atomic E-state index is -2.86. The van der Waals surface area contributed by atoms with Gasteiger partial charge in [0, 0.05) is 13.5 Å². The van der Waals surface area contributed by atoms with Gasteiger partial charge in [-0.1, -0.05) is 12.1 Å². The Balaban J connectivity index is 2.45. The van der Waals surface area contributed by atoms with Crippen LogP contribution < -0.4 is 15.4 Å². The van der Waals surface area contributed by atoms with Crippen LogP contribution >= 0.6 is 0 Å². The van der Waals surface area contributed by atoms with Crippen molar-refractivity contribution >= 4 is 11.8 Å². The van der Waals surface area contributed by atoms with Gasteiger partial charge in [0.05, 0.1) is 0 Å². The second-order valence-corrected chi connectivity index (χ2v) is 4.16. The van der Waals surface area contributed by atoms with Crippen LogP contribution in [0.15, 0.2) is 24.3 Å². The average Bonchev–Trinajstić information content (AvgIpc) is 2.36. The smallest absolute Gasteiger partial charge is 0.387 e. The number of halogens is 2. The molecule has 20 heavy (non-hydrogen) atoms. The van der Waals surface area contributed by atoms with Gasteiger partial charge in [0.1, 0.15) is 11.8 Å². The fourth-order valence-corrected chi connectivity index (χ4v) is 1.50. The van der Waals surface area contributed by atoms with E-state index in [9.17, 15) is 18.4 Å². The molecule has 0 saturated heterocycles.